The number of dihydropyridines is 1. The number of hydrogen-bond acceptors (Lipinski definition) is 7. The van der Waals surface area contributed by atoms with Crippen molar-refractivity contribution >= 4 is 17.1 Å². The molecule has 2 aromatic rings. The average molecular weight is 554 g/mol. The zero-order valence-electron chi connectivity index (χ0n) is 24.9. The summed E-state index contributed by atoms with van der Waals surface area (Å²) in [4.78, 5) is 7.20. The van der Waals surface area contributed by atoms with E-state index in [-0.39, 0.29) is 6.04 Å². The summed E-state index contributed by atoms with van der Waals surface area (Å²) >= 11 is 0. The van der Waals surface area contributed by atoms with Crippen molar-refractivity contribution in [3.8, 4) is 0 Å². The van der Waals surface area contributed by atoms with Gasteiger partial charge in [-0.15, -0.1) is 0 Å². The van der Waals surface area contributed by atoms with Crippen LogP contribution in [0.4, 0.5) is 11.4 Å². The number of hydrogen-bond donors (Lipinski definition) is 4. The van der Waals surface area contributed by atoms with E-state index in [1.165, 1.54) is 71.1 Å². The summed E-state index contributed by atoms with van der Waals surface area (Å²) in [6, 6.07) is 16.3. The lowest BCUT2D eigenvalue weighted by Gasteiger charge is -2.35. The van der Waals surface area contributed by atoms with Gasteiger partial charge in [0.1, 0.15) is 5.82 Å². The van der Waals surface area contributed by atoms with E-state index in [0.717, 1.165) is 58.7 Å². The Kier molecular flexibility index (Phi) is 8.82. The summed E-state index contributed by atoms with van der Waals surface area (Å²) in [6.07, 6.45) is 11.6. The zero-order valence-corrected chi connectivity index (χ0v) is 24.9. The van der Waals surface area contributed by atoms with E-state index in [9.17, 15) is 0 Å². The van der Waals surface area contributed by atoms with Crippen LogP contribution in [0.25, 0.3) is 5.70 Å². The third-order valence-electron chi connectivity index (χ3n) is 8.72. The summed E-state index contributed by atoms with van der Waals surface area (Å²) in [5.41, 5.74) is 9.15. The molecule has 7 heteroatoms. The molecule has 0 saturated carbocycles. The molecular formula is C34H47N7. The van der Waals surface area contributed by atoms with Crippen molar-refractivity contribution in [1.82, 2.24) is 25.8 Å². The number of benzene rings is 2. The topological polar surface area (TPSA) is 57.8 Å². The Labute approximate surface area is 246 Å². The SMILES string of the molecule is CN(C)CCCNC1=CC(C2=CC=C(N3CCNCC3)NC2)Nc2cc(Cc3ccc(N4CCCC4)cc3)ccc21. The van der Waals surface area contributed by atoms with E-state index in [2.05, 4.69) is 111 Å². The van der Waals surface area contributed by atoms with Crippen molar-refractivity contribution in [2.24, 2.45) is 0 Å². The highest BCUT2D eigenvalue weighted by molar-refractivity contribution is 5.80. The summed E-state index contributed by atoms with van der Waals surface area (Å²) in [5.74, 6) is 1.25. The normalized spacial score (nSPS) is 20.6. The third kappa shape index (κ3) is 6.91. The van der Waals surface area contributed by atoms with Crippen LogP contribution in [0.2, 0.25) is 0 Å². The second-order valence-corrected chi connectivity index (χ2v) is 12.1. The number of nitrogens with one attached hydrogen (secondary N) is 4. The maximum absolute atomic E-state index is 3.88. The van der Waals surface area contributed by atoms with Crippen molar-refractivity contribution in [3.05, 3.63) is 88.8 Å². The van der Waals surface area contributed by atoms with E-state index < -0.39 is 0 Å². The van der Waals surface area contributed by atoms with E-state index >= 15 is 0 Å². The van der Waals surface area contributed by atoms with Gasteiger partial charge in [-0.3, -0.25) is 0 Å². The van der Waals surface area contributed by atoms with E-state index in [1.807, 2.05) is 0 Å². The molecule has 4 aliphatic rings. The van der Waals surface area contributed by atoms with Gasteiger partial charge >= 0.3 is 0 Å². The lowest BCUT2D eigenvalue weighted by Crippen LogP contribution is -2.47. The Bertz CT molecular complexity index is 1260. The molecule has 2 fully saturated rings. The summed E-state index contributed by atoms with van der Waals surface area (Å²) in [5, 5.41) is 14.8. The smallest absolute Gasteiger partial charge is 0.102 e. The van der Waals surface area contributed by atoms with Crippen molar-refractivity contribution in [3.63, 3.8) is 0 Å². The molecule has 0 spiro atoms. The molecule has 41 heavy (non-hydrogen) atoms. The summed E-state index contributed by atoms with van der Waals surface area (Å²) in [7, 11) is 4.28. The summed E-state index contributed by atoms with van der Waals surface area (Å²) in [6.45, 7) is 9.49. The minimum atomic E-state index is 0.155. The highest BCUT2D eigenvalue weighted by Crippen LogP contribution is 2.32. The molecule has 0 amide bonds. The molecule has 4 N–H and O–H groups in total. The maximum atomic E-state index is 3.88. The number of piperazine rings is 1. The Morgan fingerprint density at radius 1 is 0.902 bits per heavy atom. The molecule has 7 nitrogen and oxygen atoms in total. The third-order valence-corrected chi connectivity index (χ3v) is 8.72. The number of allylic oxidation sites excluding steroid dienone is 2. The van der Waals surface area contributed by atoms with Crippen LogP contribution in [-0.2, 0) is 6.42 Å². The first kappa shape index (κ1) is 27.7. The molecule has 0 aromatic heterocycles. The molecule has 2 aromatic carbocycles. The highest BCUT2D eigenvalue weighted by atomic mass is 15.3. The van der Waals surface area contributed by atoms with Gasteiger partial charge in [0, 0.05) is 75.0 Å². The molecule has 2 saturated heterocycles. The van der Waals surface area contributed by atoms with Crippen LogP contribution in [0, 0.1) is 0 Å². The molecule has 0 radical (unpaired) electrons. The monoisotopic (exact) mass is 553 g/mol. The fourth-order valence-electron chi connectivity index (χ4n) is 6.36. The molecule has 1 atom stereocenters. The van der Waals surface area contributed by atoms with Gasteiger partial charge in [-0.05, 0) is 93.4 Å². The average Bonchev–Trinajstić information content (AvgIpc) is 3.55. The largest absolute Gasteiger partial charge is 0.385 e. The Hall–Kier alpha value is -3.42. The minimum absolute atomic E-state index is 0.155. The first-order chi connectivity index (χ1) is 20.1. The number of rotatable bonds is 10. The van der Waals surface area contributed by atoms with E-state index in [0.29, 0.717) is 0 Å². The summed E-state index contributed by atoms with van der Waals surface area (Å²) < 4.78 is 0. The van der Waals surface area contributed by atoms with Crippen molar-refractivity contribution in [2.45, 2.75) is 31.7 Å². The van der Waals surface area contributed by atoms with Crippen LogP contribution in [0.3, 0.4) is 0 Å². The van der Waals surface area contributed by atoms with Gasteiger partial charge < -0.3 is 36.0 Å². The number of fused-ring (bicyclic) bond motifs is 1. The molecule has 4 heterocycles. The van der Waals surface area contributed by atoms with Gasteiger partial charge in [-0.1, -0.05) is 30.3 Å². The molecule has 0 aliphatic carbocycles. The van der Waals surface area contributed by atoms with Gasteiger partial charge in [-0.2, -0.15) is 0 Å². The molecule has 218 valence electrons. The lowest BCUT2D eigenvalue weighted by atomic mass is 9.93. The van der Waals surface area contributed by atoms with Gasteiger partial charge in [0.15, 0.2) is 0 Å². The van der Waals surface area contributed by atoms with Crippen LogP contribution >= 0.6 is 0 Å². The molecule has 0 bridgehead atoms. The van der Waals surface area contributed by atoms with Gasteiger partial charge in [0.25, 0.3) is 0 Å². The first-order valence-corrected chi connectivity index (χ1v) is 15.6. The minimum Gasteiger partial charge on any atom is -0.385 e. The van der Waals surface area contributed by atoms with E-state index in [1.54, 1.807) is 0 Å². The molecular weight excluding hydrogens is 506 g/mol. The second-order valence-electron chi connectivity index (χ2n) is 12.1. The van der Waals surface area contributed by atoms with Crippen LogP contribution in [-0.4, -0.2) is 88.8 Å². The Morgan fingerprint density at radius 3 is 2.41 bits per heavy atom. The fraction of sp³-hybridized carbons (Fsp3) is 0.471. The Morgan fingerprint density at radius 2 is 1.68 bits per heavy atom. The first-order valence-electron chi connectivity index (χ1n) is 15.6. The van der Waals surface area contributed by atoms with Crippen LogP contribution in [0.15, 0.2) is 72.1 Å². The maximum Gasteiger partial charge on any atom is 0.102 e. The van der Waals surface area contributed by atoms with Gasteiger partial charge in [0.2, 0.25) is 0 Å². The van der Waals surface area contributed by atoms with Crippen molar-refractivity contribution in [2.75, 3.05) is 83.2 Å². The molecule has 1 unspecified atom stereocenters. The molecule has 6 rings (SSSR count). The van der Waals surface area contributed by atoms with Crippen LogP contribution < -0.4 is 26.2 Å². The zero-order chi connectivity index (χ0) is 28.0. The van der Waals surface area contributed by atoms with Crippen LogP contribution in [0.1, 0.15) is 36.0 Å². The highest BCUT2D eigenvalue weighted by Gasteiger charge is 2.24. The van der Waals surface area contributed by atoms with Crippen LogP contribution in [0.5, 0.6) is 0 Å². The molecule has 4 aliphatic heterocycles. The Balaban J connectivity index is 1.19. The standard InChI is InChI=1S/C34H47N7/c1-39(2)17-5-14-36-32-24-31(28-9-13-34(37-25-28)41-20-15-35-16-21-41)38-33-23-27(8-12-30(32)33)22-26-6-10-29(11-7-26)40-18-3-4-19-40/h6-13,23-24,31,35-38H,3-5,14-22,25H2,1-2H3. The predicted octanol–water partition coefficient (Wildman–Crippen LogP) is 3.83. The number of anilines is 2. The van der Waals surface area contributed by atoms with Crippen molar-refractivity contribution < 1.29 is 0 Å². The second kappa shape index (κ2) is 13.0. The number of nitrogens with zero attached hydrogens (tertiary/aromatic N) is 3. The quantitative estimate of drug-likeness (QED) is 0.334. The fourth-order valence-corrected chi connectivity index (χ4v) is 6.36. The van der Waals surface area contributed by atoms with Gasteiger partial charge in [0.05, 0.1) is 6.04 Å². The lowest BCUT2D eigenvalue weighted by molar-refractivity contribution is 0.281. The van der Waals surface area contributed by atoms with E-state index in [4.69, 9.17) is 0 Å². The van der Waals surface area contributed by atoms with Gasteiger partial charge in [-0.25, -0.2) is 0 Å². The predicted molar refractivity (Wildman–Crippen MR) is 172 cm³/mol. The van der Waals surface area contributed by atoms with Crippen molar-refractivity contribution in [1.29, 1.82) is 0 Å².